The van der Waals surface area contributed by atoms with Gasteiger partial charge < -0.3 is 0 Å². The summed E-state index contributed by atoms with van der Waals surface area (Å²) in [6.45, 7) is 16.0. The predicted octanol–water partition coefficient (Wildman–Crippen LogP) is 11.6. The summed E-state index contributed by atoms with van der Waals surface area (Å²) in [7, 11) is 0. The minimum absolute atomic E-state index is 0.764. The molecule has 0 aliphatic carbocycles. The standard InChI is InChI=1S/C33H52S/c1-27(2)25-32(7)21-11-19-30(5)17-9-15-28(3)13-8-14-29(4)16-10-18-31(6)20-12-22-33-23-24-34-26-33/h13,16-17,20-21,23-24,26-27H,8-12,14-15,18-19,22,25H2,1-7H3. The summed E-state index contributed by atoms with van der Waals surface area (Å²) in [6, 6.07) is 2.24. The lowest BCUT2D eigenvalue weighted by Gasteiger charge is -2.05. The van der Waals surface area contributed by atoms with Crippen LogP contribution in [0.4, 0.5) is 0 Å². The third-order valence-corrected chi connectivity index (χ3v) is 7.09. The number of rotatable bonds is 17. The van der Waals surface area contributed by atoms with Crippen molar-refractivity contribution in [1.82, 2.24) is 0 Å². The van der Waals surface area contributed by atoms with E-state index in [0.717, 1.165) is 5.92 Å². The Morgan fingerprint density at radius 2 is 1.06 bits per heavy atom. The summed E-state index contributed by atoms with van der Waals surface area (Å²) < 4.78 is 0. The van der Waals surface area contributed by atoms with Gasteiger partial charge in [-0.25, -0.2) is 0 Å². The van der Waals surface area contributed by atoms with Crippen LogP contribution in [0.3, 0.4) is 0 Å². The molecule has 190 valence electrons. The maximum atomic E-state index is 2.45. The molecule has 1 heteroatoms. The van der Waals surface area contributed by atoms with Crippen molar-refractivity contribution in [3.63, 3.8) is 0 Å². The first-order chi connectivity index (χ1) is 16.3. The van der Waals surface area contributed by atoms with Crippen LogP contribution in [-0.4, -0.2) is 0 Å². The summed E-state index contributed by atoms with van der Waals surface area (Å²) >= 11 is 1.80. The Labute approximate surface area is 216 Å². The average Bonchev–Trinajstić information content (AvgIpc) is 3.26. The Balaban J connectivity index is 2.19. The number of thiophene rings is 1. The van der Waals surface area contributed by atoms with Gasteiger partial charge in [0.25, 0.3) is 0 Å². The highest BCUT2D eigenvalue weighted by Gasteiger charge is 1.97. The lowest BCUT2D eigenvalue weighted by Crippen LogP contribution is -1.88. The smallest absolute Gasteiger partial charge is 0.00611 e. The number of hydrogen-bond donors (Lipinski definition) is 0. The van der Waals surface area contributed by atoms with Gasteiger partial charge in [-0.3, -0.25) is 0 Å². The van der Waals surface area contributed by atoms with Crippen molar-refractivity contribution >= 4 is 11.3 Å². The van der Waals surface area contributed by atoms with Gasteiger partial charge in [0.1, 0.15) is 0 Å². The van der Waals surface area contributed by atoms with E-state index in [9.17, 15) is 0 Å². The molecule has 0 fully saturated rings. The van der Waals surface area contributed by atoms with Crippen molar-refractivity contribution in [1.29, 1.82) is 0 Å². The van der Waals surface area contributed by atoms with Gasteiger partial charge in [-0.15, -0.1) is 0 Å². The molecule has 34 heavy (non-hydrogen) atoms. The van der Waals surface area contributed by atoms with E-state index in [1.807, 2.05) is 0 Å². The molecule has 0 aliphatic rings. The third-order valence-electron chi connectivity index (χ3n) is 6.36. The Hall–Kier alpha value is -1.60. The van der Waals surface area contributed by atoms with Crippen molar-refractivity contribution in [2.24, 2.45) is 5.92 Å². The Morgan fingerprint density at radius 3 is 1.44 bits per heavy atom. The molecule has 0 saturated carbocycles. The SMILES string of the molecule is CC(=CCCC(C)=CCCC(C)=CCCc1ccsc1)CCC=C(C)CCC=C(C)CC(C)C. The Bertz CT molecular complexity index is 809. The summed E-state index contributed by atoms with van der Waals surface area (Å²) in [6.07, 6.45) is 25.3. The number of allylic oxidation sites excluding steroid dienone is 10. The molecular weight excluding hydrogens is 428 g/mol. The van der Waals surface area contributed by atoms with Crippen molar-refractivity contribution in [3.05, 3.63) is 80.6 Å². The molecule has 0 unspecified atom stereocenters. The van der Waals surface area contributed by atoms with Crippen LogP contribution >= 0.6 is 11.3 Å². The fourth-order valence-corrected chi connectivity index (χ4v) is 4.94. The molecule has 0 atom stereocenters. The van der Waals surface area contributed by atoms with Gasteiger partial charge in [0.15, 0.2) is 0 Å². The normalized spacial score (nSPS) is 14.4. The minimum Gasteiger partial charge on any atom is -0.152 e. The molecule has 0 aliphatic heterocycles. The maximum Gasteiger partial charge on any atom is -0.00611 e. The van der Waals surface area contributed by atoms with Gasteiger partial charge in [0, 0.05) is 0 Å². The van der Waals surface area contributed by atoms with E-state index in [2.05, 4.69) is 95.7 Å². The van der Waals surface area contributed by atoms with Crippen molar-refractivity contribution < 1.29 is 0 Å². The summed E-state index contributed by atoms with van der Waals surface area (Å²) in [5, 5.41) is 4.43. The maximum absolute atomic E-state index is 2.45. The highest BCUT2D eigenvalue weighted by molar-refractivity contribution is 7.07. The van der Waals surface area contributed by atoms with E-state index in [1.165, 1.54) is 98.5 Å². The van der Waals surface area contributed by atoms with Gasteiger partial charge in [0.05, 0.1) is 0 Å². The fraction of sp³-hybridized carbons (Fsp3) is 0.576. The molecule has 0 saturated heterocycles. The molecule has 0 nitrogen and oxygen atoms in total. The van der Waals surface area contributed by atoms with E-state index in [0.29, 0.717) is 0 Å². The van der Waals surface area contributed by atoms with E-state index < -0.39 is 0 Å². The second-order valence-corrected chi connectivity index (χ2v) is 11.5. The molecule has 1 rings (SSSR count). The lowest BCUT2D eigenvalue weighted by molar-refractivity contribution is 0.640. The quantitative estimate of drug-likeness (QED) is 0.194. The van der Waals surface area contributed by atoms with Crippen LogP contribution in [0.1, 0.15) is 118 Å². The molecule has 0 N–H and O–H groups in total. The van der Waals surface area contributed by atoms with Crippen molar-refractivity contribution in [3.8, 4) is 0 Å². The van der Waals surface area contributed by atoms with E-state index in [-0.39, 0.29) is 0 Å². The first-order valence-electron chi connectivity index (χ1n) is 13.6. The molecule has 0 radical (unpaired) electrons. The molecule has 1 aromatic heterocycles. The molecule has 1 aromatic rings. The lowest BCUT2D eigenvalue weighted by atomic mass is 10.0. The zero-order chi connectivity index (χ0) is 25.2. The highest BCUT2D eigenvalue weighted by Crippen LogP contribution is 2.16. The summed E-state index contributed by atoms with van der Waals surface area (Å²) in [4.78, 5) is 0. The van der Waals surface area contributed by atoms with Gasteiger partial charge >= 0.3 is 0 Å². The second-order valence-electron chi connectivity index (χ2n) is 10.7. The molecule has 0 bridgehead atoms. The Kier molecular flexibility index (Phi) is 16.7. The topological polar surface area (TPSA) is 0 Å². The van der Waals surface area contributed by atoms with E-state index in [1.54, 1.807) is 16.9 Å². The third kappa shape index (κ3) is 16.9. The molecule has 0 aromatic carbocycles. The van der Waals surface area contributed by atoms with Crippen LogP contribution in [0.25, 0.3) is 0 Å². The van der Waals surface area contributed by atoms with Crippen LogP contribution in [0.15, 0.2) is 75.1 Å². The molecule has 0 amide bonds. The van der Waals surface area contributed by atoms with Crippen LogP contribution in [0, 0.1) is 5.92 Å². The van der Waals surface area contributed by atoms with Crippen molar-refractivity contribution in [2.45, 2.75) is 119 Å². The molecule has 1 heterocycles. The van der Waals surface area contributed by atoms with Gasteiger partial charge in [-0.1, -0.05) is 72.1 Å². The fourth-order valence-electron chi connectivity index (χ4n) is 4.24. The minimum atomic E-state index is 0.764. The van der Waals surface area contributed by atoms with Crippen molar-refractivity contribution in [2.75, 3.05) is 0 Å². The van der Waals surface area contributed by atoms with Gasteiger partial charge in [-0.05, 0) is 134 Å². The van der Waals surface area contributed by atoms with Crippen LogP contribution in [0.5, 0.6) is 0 Å². The monoisotopic (exact) mass is 480 g/mol. The highest BCUT2D eigenvalue weighted by atomic mass is 32.1. The van der Waals surface area contributed by atoms with Gasteiger partial charge in [0.2, 0.25) is 0 Å². The predicted molar refractivity (Wildman–Crippen MR) is 158 cm³/mol. The summed E-state index contributed by atoms with van der Waals surface area (Å²) in [5.41, 5.74) is 9.15. The first-order valence-corrected chi connectivity index (χ1v) is 14.5. The van der Waals surface area contributed by atoms with Crippen LogP contribution in [0.2, 0.25) is 0 Å². The second kappa shape index (κ2) is 18.7. The largest absolute Gasteiger partial charge is 0.152 e. The Morgan fingerprint density at radius 1 is 0.647 bits per heavy atom. The molecular formula is C33H52S. The zero-order valence-corrected chi connectivity index (χ0v) is 24.2. The van der Waals surface area contributed by atoms with E-state index >= 15 is 0 Å². The number of aryl methyl sites for hydroxylation is 1. The first kappa shape index (κ1) is 30.4. The van der Waals surface area contributed by atoms with Crippen LogP contribution in [-0.2, 0) is 6.42 Å². The average molecular weight is 481 g/mol. The van der Waals surface area contributed by atoms with Crippen LogP contribution < -0.4 is 0 Å². The summed E-state index contributed by atoms with van der Waals surface area (Å²) in [5.74, 6) is 0.764. The molecule has 0 spiro atoms. The van der Waals surface area contributed by atoms with E-state index in [4.69, 9.17) is 0 Å². The zero-order valence-electron chi connectivity index (χ0n) is 23.4. The van der Waals surface area contributed by atoms with Gasteiger partial charge in [-0.2, -0.15) is 11.3 Å². The number of hydrogen-bond acceptors (Lipinski definition) is 1.